The Morgan fingerprint density at radius 1 is 1.59 bits per heavy atom. The monoisotopic (exact) mass is 257 g/mol. The van der Waals surface area contributed by atoms with E-state index in [-0.39, 0.29) is 6.54 Å². The maximum Gasteiger partial charge on any atom is 0.318 e. The Morgan fingerprint density at radius 3 is 2.88 bits per heavy atom. The number of hydrogen-bond acceptors (Lipinski definition) is 6. The number of nitrogens with two attached hydrogens (primary N) is 1. The molecule has 0 aromatic carbocycles. The standard InChI is InChI=1S/C9H15N5O2S/c10-5-7(8(15)16)17-9-11-12-13-14(9)6-3-1-2-4-6/h6-7H,1-5,10H2,(H,15,16). The number of nitrogens with zero attached hydrogens (tertiary/aromatic N) is 4. The lowest BCUT2D eigenvalue weighted by Gasteiger charge is -2.13. The zero-order chi connectivity index (χ0) is 12.3. The second kappa shape index (κ2) is 5.46. The van der Waals surface area contributed by atoms with Crippen LogP contribution < -0.4 is 5.73 Å². The van der Waals surface area contributed by atoms with Crippen molar-refractivity contribution in [2.75, 3.05) is 6.54 Å². The third kappa shape index (κ3) is 2.75. The number of thioether (sulfide) groups is 1. The van der Waals surface area contributed by atoms with Crippen molar-refractivity contribution >= 4 is 17.7 Å². The summed E-state index contributed by atoms with van der Waals surface area (Å²) in [6.45, 7) is 0.0670. The summed E-state index contributed by atoms with van der Waals surface area (Å²) in [5.74, 6) is -0.932. The van der Waals surface area contributed by atoms with Gasteiger partial charge < -0.3 is 10.8 Å². The summed E-state index contributed by atoms with van der Waals surface area (Å²) in [6.07, 6.45) is 4.46. The first-order valence-electron chi connectivity index (χ1n) is 5.59. The Kier molecular flexibility index (Phi) is 3.95. The molecule has 1 aromatic rings. The summed E-state index contributed by atoms with van der Waals surface area (Å²) < 4.78 is 1.74. The van der Waals surface area contributed by atoms with E-state index in [2.05, 4.69) is 15.5 Å². The van der Waals surface area contributed by atoms with E-state index in [1.807, 2.05) is 0 Å². The largest absolute Gasteiger partial charge is 0.480 e. The summed E-state index contributed by atoms with van der Waals surface area (Å²) in [5.41, 5.74) is 5.41. The van der Waals surface area contributed by atoms with E-state index >= 15 is 0 Å². The Morgan fingerprint density at radius 2 is 2.29 bits per heavy atom. The molecule has 1 heterocycles. The van der Waals surface area contributed by atoms with Crippen molar-refractivity contribution < 1.29 is 9.90 Å². The normalized spacial score (nSPS) is 18.4. The molecular weight excluding hydrogens is 242 g/mol. The molecule has 94 valence electrons. The van der Waals surface area contributed by atoms with Crippen LogP contribution in [0.4, 0.5) is 0 Å². The van der Waals surface area contributed by atoms with Gasteiger partial charge in [0.1, 0.15) is 5.25 Å². The minimum atomic E-state index is -0.932. The van der Waals surface area contributed by atoms with E-state index in [0.29, 0.717) is 11.2 Å². The van der Waals surface area contributed by atoms with Crippen molar-refractivity contribution in [1.82, 2.24) is 20.2 Å². The van der Waals surface area contributed by atoms with E-state index in [1.165, 1.54) is 12.8 Å². The highest BCUT2D eigenvalue weighted by Gasteiger charge is 2.25. The fourth-order valence-corrected chi connectivity index (χ4v) is 2.80. The van der Waals surface area contributed by atoms with Crippen LogP contribution in [-0.4, -0.2) is 43.1 Å². The second-order valence-corrected chi connectivity index (χ2v) is 5.19. The highest BCUT2D eigenvalue weighted by atomic mass is 32.2. The lowest BCUT2D eigenvalue weighted by atomic mass is 10.3. The molecule has 3 N–H and O–H groups in total. The van der Waals surface area contributed by atoms with Gasteiger partial charge in [0.2, 0.25) is 5.16 Å². The molecule has 2 rings (SSSR count). The number of aromatic nitrogens is 4. The summed E-state index contributed by atoms with van der Waals surface area (Å²) in [5, 5.41) is 20.3. The van der Waals surface area contributed by atoms with Crippen LogP contribution in [0.25, 0.3) is 0 Å². The number of tetrazole rings is 1. The topological polar surface area (TPSA) is 107 Å². The molecule has 0 bridgehead atoms. The number of rotatable bonds is 5. The molecule has 1 aromatic heterocycles. The second-order valence-electron chi connectivity index (χ2n) is 4.02. The van der Waals surface area contributed by atoms with Gasteiger partial charge in [0.05, 0.1) is 6.04 Å². The Bertz CT molecular complexity index is 390. The molecule has 8 heteroatoms. The van der Waals surface area contributed by atoms with Crippen LogP contribution in [0.1, 0.15) is 31.7 Å². The predicted octanol–water partition coefficient (Wildman–Crippen LogP) is 0.292. The van der Waals surface area contributed by atoms with Gasteiger partial charge in [-0.15, -0.1) is 5.10 Å². The Hall–Kier alpha value is -1.15. The van der Waals surface area contributed by atoms with E-state index in [4.69, 9.17) is 10.8 Å². The molecular formula is C9H15N5O2S. The van der Waals surface area contributed by atoms with Crippen molar-refractivity contribution in [2.45, 2.75) is 42.1 Å². The first-order chi connectivity index (χ1) is 8.22. The van der Waals surface area contributed by atoms with Gasteiger partial charge >= 0.3 is 5.97 Å². The summed E-state index contributed by atoms with van der Waals surface area (Å²) in [4.78, 5) is 10.9. The molecule has 1 unspecified atom stereocenters. The fraction of sp³-hybridized carbons (Fsp3) is 0.778. The lowest BCUT2D eigenvalue weighted by Crippen LogP contribution is -2.26. The molecule has 17 heavy (non-hydrogen) atoms. The van der Waals surface area contributed by atoms with Gasteiger partial charge in [-0.05, 0) is 23.3 Å². The van der Waals surface area contributed by atoms with Crippen molar-refractivity contribution in [1.29, 1.82) is 0 Å². The third-order valence-corrected chi connectivity index (χ3v) is 4.03. The molecule has 7 nitrogen and oxygen atoms in total. The van der Waals surface area contributed by atoms with Crippen LogP contribution in [0, 0.1) is 0 Å². The van der Waals surface area contributed by atoms with Crippen LogP contribution >= 0.6 is 11.8 Å². The van der Waals surface area contributed by atoms with Crippen molar-refractivity contribution in [3.05, 3.63) is 0 Å². The molecule has 0 spiro atoms. The average molecular weight is 257 g/mol. The minimum Gasteiger partial charge on any atom is -0.480 e. The third-order valence-electron chi connectivity index (χ3n) is 2.87. The van der Waals surface area contributed by atoms with Gasteiger partial charge in [-0.1, -0.05) is 24.6 Å². The number of hydrogen-bond donors (Lipinski definition) is 2. The highest BCUT2D eigenvalue weighted by molar-refractivity contribution is 8.00. The molecule has 1 atom stereocenters. The highest BCUT2D eigenvalue weighted by Crippen LogP contribution is 2.32. The number of carboxylic acid groups (broad SMARTS) is 1. The molecule has 0 amide bonds. The SMILES string of the molecule is NCC(Sc1nnnn1C1CCCC1)C(=O)O. The Labute approximate surface area is 103 Å². The van der Waals surface area contributed by atoms with Crippen LogP contribution in [-0.2, 0) is 4.79 Å². The Balaban J connectivity index is 2.10. The maximum absolute atomic E-state index is 10.9. The zero-order valence-corrected chi connectivity index (χ0v) is 10.1. The molecule has 0 radical (unpaired) electrons. The predicted molar refractivity (Wildman–Crippen MR) is 61.7 cm³/mol. The molecule has 0 aliphatic heterocycles. The number of carboxylic acids is 1. The average Bonchev–Trinajstić information content (AvgIpc) is 2.95. The van der Waals surface area contributed by atoms with E-state index in [0.717, 1.165) is 24.6 Å². The van der Waals surface area contributed by atoms with Gasteiger partial charge in [0.15, 0.2) is 0 Å². The van der Waals surface area contributed by atoms with Crippen LogP contribution in [0.2, 0.25) is 0 Å². The van der Waals surface area contributed by atoms with Gasteiger partial charge in [0.25, 0.3) is 0 Å². The number of carbonyl (C=O) groups is 1. The van der Waals surface area contributed by atoms with E-state index < -0.39 is 11.2 Å². The van der Waals surface area contributed by atoms with Gasteiger partial charge in [-0.2, -0.15) is 0 Å². The maximum atomic E-state index is 10.9. The van der Waals surface area contributed by atoms with Gasteiger partial charge in [0, 0.05) is 6.54 Å². The first kappa shape index (κ1) is 12.3. The first-order valence-corrected chi connectivity index (χ1v) is 6.47. The fourth-order valence-electron chi connectivity index (χ4n) is 1.97. The molecule has 0 saturated heterocycles. The van der Waals surface area contributed by atoms with Crippen LogP contribution in [0.3, 0.4) is 0 Å². The lowest BCUT2D eigenvalue weighted by molar-refractivity contribution is -0.136. The summed E-state index contributed by atoms with van der Waals surface area (Å²) in [6, 6.07) is 0.305. The molecule has 1 aliphatic rings. The van der Waals surface area contributed by atoms with Gasteiger partial charge in [-0.25, -0.2) is 4.68 Å². The van der Waals surface area contributed by atoms with Crippen LogP contribution in [0.5, 0.6) is 0 Å². The van der Waals surface area contributed by atoms with Crippen molar-refractivity contribution in [3.63, 3.8) is 0 Å². The minimum absolute atomic E-state index is 0.0670. The summed E-state index contributed by atoms with van der Waals surface area (Å²) >= 11 is 1.12. The molecule has 1 fully saturated rings. The zero-order valence-electron chi connectivity index (χ0n) is 9.32. The van der Waals surface area contributed by atoms with Gasteiger partial charge in [-0.3, -0.25) is 4.79 Å². The smallest absolute Gasteiger partial charge is 0.318 e. The van der Waals surface area contributed by atoms with Crippen molar-refractivity contribution in [3.8, 4) is 0 Å². The van der Waals surface area contributed by atoms with Crippen LogP contribution in [0.15, 0.2) is 5.16 Å². The van der Waals surface area contributed by atoms with E-state index in [1.54, 1.807) is 4.68 Å². The quantitative estimate of drug-likeness (QED) is 0.730. The molecule has 1 saturated carbocycles. The number of aliphatic carboxylic acids is 1. The summed E-state index contributed by atoms with van der Waals surface area (Å²) in [7, 11) is 0. The molecule has 1 aliphatic carbocycles. The van der Waals surface area contributed by atoms with E-state index in [9.17, 15) is 4.79 Å². The van der Waals surface area contributed by atoms with Crippen molar-refractivity contribution in [2.24, 2.45) is 5.73 Å².